The minimum absolute atomic E-state index is 0.00614. The Balaban J connectivity index is 1.70. The highest BCUT2D eigenvalue weighted by Crippen LogP contribution is 2.29. The first kappa shape index (κ1) is 15.3. The van der Waals surface area contributed by atoms with E-state index in [4.69, 9.17) is 5.11 Å². The van der Waals surface area contributed by atoms with E-state index >= 15 is 0 Å². The second-order valence-corrected chi connectivity index (χ2v) is 6.30. The van der Waals surface area contributed by atoms with Gasteiger partial charge in [-0.2, -0.15) is 0 Å². The molecular formula is C15H26N2O3. The van der Waals surface area contributed by atoms with Crippen LogP contribution >= 0.6 is 0 Å². The van der Waals surface area contributed by atoms with Crippen molar-refractivity contribution in [3.63, 3.8) is 0 Å². The molecule has 2 N–H and O–H groups in total. The van der Waals surface area contributed by atoms with Crippen molar-refractivity contribution < 1.29 is 14.7 Å². The van der Waals surface area contributed by atoms with Crippen LogP contribution in [0.4, 0.5) is 0 Å². The highest BCUT2D eigenvalue weighted by atomic mass is 16.4. The summed E-state index contributed by atoms with van der Waals surface area (Å²) in [5.41, 5.74) is 0. The fourth-order valence-corrected chi connectivity index (χ4v) is 3.36. The minimum atomic E-state index is -0.716. The molecule has 2 fully saturated rings. The fourth-order valence-electron chi connectivity index (χ4n) is 3.36. The van der Waals surface area contributed by atoms with Crippen molar-refractivity contribution in [1.29, 1.82) is 0 Å². The van der Waals surface area contributed by atoms with Crippen molar-refractivity contribution in [2.45, 2.75) is 51.5 Å². The van der Waals surface area contributed by atoms with Crippen LogP contribution in [-0.2, 0) is 9.59 Å². The molecule has 2 rings (SSSR count). The zero-order valence-electron chi connectivity index (χ0n) is 12.3. The molecule has 0 spiro atoms. The largest absolute Gasteiger partial charge is 0.481 e. The first-order valence-electron chi connectivity index (χ1n) is 7.82. The van der Waals surface area contributed by atoms with E-state index in [1.54, 1.807) is 0 Å². The number of carboxylic acid groups (broad SMARTS) is 1. The molecule has 0 aromatic rings. The molecule has 1 amide bonds. The molecule has 1 unspecified atom stereocenters. The third-order valence-electron chi connectivity index (χ3n) is 4.57. The Hall–Kier alpha value is -1.10. The summed E-state index contributed by atoms with van der Waals surface area (Å²) in [7, 11) is 0. The number of amides is 1. The van der Waals surface area contributed by atoms with Crippen molar-refractivity contribution in [2.75, 3.05) is 19.6 Å². The van der Waals surface area contributed by atoms with Gasteiger partial charge in [0, 0.05) is 18.5 Å². The maximum atomic E-state index is 12.2. The lowest BCUT2D eigenvalue weighted by Crippen LogP contribution is -2.44. The number of nitrogens with one attached hydrogen (secondary N) is 1. The Morgan fingerprint density at radius 1 is 1.15 bits per heavy atom. The molecule has 2 aliphatic rings. The molecule has 5 nitrogen and oxygen atoms in total. The molecule has 5 heteroatoms. The van der Waals surface area contributed by atoms with Crippen LogP contribution in [0.5, 0.6) is 0 Å². The molecule has 0 bridgehead atoms. The maximum absolute atomic E-state index is 12.2. The average molecular weight is 282 g/mol. The van der Waals surface area contributed by atoms with E-state index in [9.17, 15) is 9.59 Å². The van der Waals surface area contributed by atoms with Gasteiger partial charge in [-0.1, -0.05) is 0 Å². The van der Waals surface area contributed by atoms with Crippen molar-refractivity contribution in [2.24, 2.45) is 11.8 Å². The molecule has 20 heavy (non-hydrogen) atoms. The molecular weight excluding hydrogens is 256 g/mol. The number of carboxylic acids is 1. The lowest BCUT2D eigenvalue weighted by Gasteiger charge is -2.27. The zero-order chi connectivity index (χ0) is 14.5. The Labute approximate surface area is 120 Å². The number of hydrogen-bond acceptors (Lipinski definition) is 3. The van der Waals surface area contributed by atoms with E-state index in [1.807, 2.05) is 0 Å². The van der Waals surface area contributed by atoms with Crippen LogP contribution in [0.2, 0.25) is 0 Å². The van der Waals surface area contributed by atoms with Crippen molar-refractivity contribution in [3.8, 4) is 0 Å². The Morgan fingerprint density at radius 3 is 2.25 bits per heavy atom. The zero-order valence-corrected chi connectivity index (χ0v) is 12.3. The first-order chi connectivity index (χ1) is 9.56. The van der Waals surface area contributed by atoms with Gasteiger partial charge in [0.15, 0.2) is 0 Å². The molecule has 0 radical (unpaired) electrons. The molecule has 1 aliphatic carbocycles. The Bertz CT molecular complexity index is 345. The van der Waals surface area contributed by atoms with Crippen LogP contribution in [0.15, 0.2) is 0 Å². The third-order valence-corrected chi connectivity index (χ3v) is 4.57. The van der Waals surface area contributed by atoms with Gasteiger partial charge in [0.1, 0.15) is 0 Å². The number of carbonyl (C=O) groups excluding carboxylic acids is 1. The van der Waals surface area contributed by atoms with Gasteiger partial charge in [-0.05, 0) is 58.5 Å². The number of carbonyl (C=O) groups is 2. The van der Waals surface area contributed by atoms with Crippen LogP contribution < -0.4 is 5.32 Å². The summed E-state index contributed by atoms with van der Waals surface area (Å²) in [6.45, 7) is 5.27. The normalized spacial score (nSPS) is 29.1. The van der Waals surface area contributed by atoms with Gasteiger partial charge in [-0.15, -0.1) is 0 Å². The summed E-state index contributed by atoms with van der Waals surface area (Å²) in [6.07, 6.45) is 5.21. The van der Waals surface area contributed by atoms with Crippen molar-refractivity contribution in [3.05, 3.63) is 0 Å². The van der Waals surface area contributed by atoms with E-state index in [0.29, 0.717) is 25.7 Å². The third kappa shape index (κ3) is 4.20. The van der Waals surface area contributed by atoms with E-state index in [2.05, 4.69) is 17.1 Å². The topological polar surface area (TPSA) is 69.6 Å². The predicted octanol–water partition coefficient (Wildman–Crippen LogP) is 1.48. The van der Waals surface area contributed by atoms with Crippen molar-refractivity contribution in [1.82, 2.24) is 10.2 Å². The van der Waals surface area contributed by atoms with E-state index in [-0.39, 0.29) is 23.8 Å². The summed E-state index contributed by atoms with van der Waals surface area (Å²) in [5.74, 6) is -0.848. The number of likely N-dealkylation sites (tertiary alicyclic amines) is 1. The molecule has 0 aromatic carbocycles. The van der Waals surface area contributed by atoms with Gasteiger partial charge >= 0.3 is 5.97 Å². The number of hydrogen-bond donors (Lipinski definition) is 2. The molecule has 1 saturated heterocycles. The lowest BCUT2D eigenvalue weighted by molar-refractivity contribution is -0.144. The van der Waals surface area contributed by atoms with Crippen LogP contribution in [0.3, 0.4) is 0 Å². The van der Waals surface area contributed by atoms with Crippen LogP contribution in [-0.4, -0.2) is 47.6 Å². The highest BCUT2D eigenvalue weighted by molar-refractivity contribution is 5.79. The second-order valence-electron chi connectivity index (χ2n) is 6.30. The lowest BCUT2D eigenvalue weighted by atomic mass is 9.81. The van der Waals surface area contributed by atoms with Gasteiger partial charge in [-0.3, -0.25) is 9.59 Å². The fraction of sp³-hybridized carbons (Fsp3) is 0.867. The van der Waals surface area contributed by atoms with Gasteiger partial charge in [0.05, 0.1) is 5.92 Å². The first-order valence-corrected chi connectivity index (χ1v) is 7.82. The highest BCUT2D eigenvalue weighted by Gasteiger charge is 2.30. The Kier molecular flexibility index (Phi) is 5.40. The summed E-state index contributed by atoms with van der Waals surface area (Å²) < 4.78 is 0. The van der Waals surface area contributed by atoms with E-state index in [1.165, 1.54) is 12.8 Å². The van der Waals surface area contributed by atoms with Crippen LogP contribution in [0.1, 0.15) is 45.4 Å². The molecule has 1 saturated carbocycles. The van der Waals surface area contributed by atoms with Crippen molar-refractivity contribution >= 4 is 11.9 Å². The molecule has 1 aliphatic heterocycles. The number of nitrogens with zero attached hydrogens (tertiary/aromatic N) is 1. The van der Waals surface area contributed by atoms with E-state index < -0.39 is 5.97 Å². The second kappa shape index (κ2) is 7.07. The van der Waals surface area contributed by atoms with Gasteiger partial charge < -0.3 is 15.3 Å². The molecule has 1 atom stereocenters. The average Bonchev–Trinajstić information content (AvgIpc) is 2.91. The summed E-state index contributed by atoms with van der Waals surface area (Å²) in [6, 6.07) is 0.179. The standard InChI is InChI=1S/C15H26N2O3/c1-11(10-17-8-2-3-9-17)16-14(18)12-4-6-13(7-5-12)15(19)20/h11-13H,2-10H2,1H3,(H,16,18)(H,19,20). The van der Waals surface area contributed by atoms with Gasteiger partial charge in [0.25, 0.3) is 0 Å². The van der Waals surface area contributed by atoms with Gasteiger partial charge in [-0.25, -0.2) is 0 Å². The van der Waals surface area contributed by atoms with Crippen LogP contribution in [0, 0.1) is 11.8 Å². The maximum Gasteiger partial charge on any atom is 0.306 e. The molecule has 1 heterocycles. The van der Waals surface area contributed by atoms with E-state index in [0.717, 1.165) is 19.6 Å². The summed E-state index contributed by atoms with van der Waals surface area (Å²) in [4.78, 5) is 25.5. The summed E-state index contributed by atoms with van der Waals surface area (Å²) in [5, 5.41) is 12.1. The molecule has 114 valence electrons. The van der Waals surface area contributed by atoms with Crippen LogP contribution in [0.25, 0.3) is 0 Å². The smallest absolute Gasteiger partial charge is 0.306 e. The predicted molar refractivity (Wildman–Crippen MR) is 76.4 cm³/mol. The van der Waals surface area contributed by atoms with Gasteiger partial charge in [0.2, 0.25) is 5.91 Å². The quantitative estimate of drug-likeness (QED) is 0.801. The number of rotatable bonds is 5. The number of aliphatic carboxylic acids is 1. The SMILES string of the molecule is CC(CN1CCCC1)NC(=O)C1CCC(C(=O)O)CC1. The Morgan fingerprint density at radius 2 is 1.70 bits per heavy atom. The minimum Gasteiger partial charge on any atom is -0.481 e. The monoisotopic (exact) mass is 282 g/mol. The summed E-state index contributed by atoms with van der Waals surface area (Å²) >= 11 is 0. The molecule has 0 aromatic heterocycles.